The average Bonchev–Trinajstić information content (AvgIpc) is 2.94. The molecule has 0 heterocycles. The summed E-state index contributed by atoms with van der Waals surface area (Å²) in [6, 6.07) is 5.74. The highest BCUT2D eigenvalue weighted by Crippen LogP contribution is 2.49. The van der Waals surface area contributed by atoms with E-state index in [0.29, 0.717) is 5.02 Å². The third-order valence-electron chi connectivity index (χ3n) is 2.61. The van der Waals surface area contributed by atoms with Gasteiger partial charge in [0.2, 0.25) is 0 Å². The Balaban J connectivity index is 2.16. The minimum atomic E-state index is -0.129. The van der Waals surface area contributed by atoms with Crippen molar-refractivity contribution in [2.45, 2.75) is 12.3 Å². The summed E-state index contributed by atoms with van der Waals surface area (Å²) >= 11 is 9.32. The summed E-state index contributed by atoms with van der Waals surface area (Å²) in [5, 5.41) is 0.690. The van der Waals surface area contributed by atoms with E-state index in [4.69, 9.17) is 16.3 Å². The molecule has 80 valence electrons. The number of halogens is 2. The summed E-state index contributed by atoms with van der Waals surface area (Å²) < 4.78 is 5.65. The number of ether oxygens (including phenoxy) is 1. The minimum Gasteiger partial charge on any atom is -0.469 e. The molecule has 1 aromatic carbocycles. The molecule has 2 rings (SSSR count). The van der Waals surface area contributed by atoms with Gasteiger partial charge < -0.3 is 4.74 Å². The fourth-order valence-corrected chi connectivity index (χ4v) is 2.65. The Labute approximate surface area is 102 Å². The molecule has 2 atom stereocenters. The first-order chi connectivity index (χ1) is 7.11. The van der Waals surface area contributed by atoms with Crippen LogP contribution in [0.1, 0.15) is 17.9 Å². The Morgan fingerprint density at radius 2 is 2.27 bits per heavy atom. The average molecular weight is 290 g/mol. The number of hydrogen-bond acceptors (Lipinski definition) is 2. The first-order valence-corrected chi connectivity index (χ1v) is 5.82. The van der Waals surface area contributed by atoms with Crippen molar-refractivity contribution < 1.29 is 9.53 Å². The summed E-state index contributed by atoms with van der Waals surface area (Å²) in [4.78, 5) is 11.3. The van der Waals surface area contributed by atoms with Crippen LogP contribution in [0.3, 0.4) is 0 Å². The van der Waals surface area contributed by atoms with Crippen LogP contribution in [-0.2, 0) is 9.53 Å². The molecule has 15 heavy (non-hydrogen) atoms. The molecule has 1 fully saturated rings. The molecular formula is C11H10BrClO2. The van der Waals surface area contributed by atoms with Gasteiger partial charge in [0.05, 0.1) is 13.0 Å². The maximum Gasteiger partial charge on any atom is 0.309 e. The summed E-state index contributed by atoms with van der Waals surface area (Å²) in [6.07, 6.45) is 0.861. The molecule has 0 aliphatic heterocycles. The summed E-state index contributed by atoms with van der Waals surface area (Å²) in [5.74, 6) is 0.156. The number of methoxy groups -OCH3 is 1. The molecule has 1 saturated carbocycles. The lowest BCUT2D eigenvalue weighted by Gasteiger charge is -2.02. The van der Waals surface area contributed by atoms with E-state index in [-0.39, 0.29) is 17.8 Å². The van der Waals surface area contributed by atoms with Crippen molar-refractivity contribution in [2.75, 3.05) is 7.11 Å². The van der Waals surface area contributed by atoms with Crippen LogP contribution in [-0.4, -0.2) is 13.1 Å². The second-order valence-electron chi connectivity index (χ2n) is 3.67. The Kier molecular flexibility index (Phi) is 3.03. The first kappa shape index (κ1) is 11.0. The normalized spacial score (nSPS) is 23.7. The molecule has 0 bridgehead atoms. The van der Waals surface area contributed by atoms with Crippen LogP contribution >= 0.6 is 27.5 Å². The standard InChI is InChI=1S/C11H10BrClO2/c1-15-11(14)10-5-9(10)6-2-7(12)4-8(13)3-6/h2-4,9-10H,5H2,1H3/t9-,10+/m0/s1. The molecule has 0 radical (unpaired) electrons. The number of hydrogen-bond donors (Lipinski definition) is 0. The highest BCUT2D eigenvalue weighted by molar-refractivity contribution is 9.10. The van der Waals surface area contributed by atoms with E-state index >= 15 is 0 Å². The van der Waals surface area contributed by atoms with E-state index in [1.165, 1.54) is 7.11 Å². The predicted octanol–water partition coefficient (Wildman–Crippen LogP) is 3.38. The number of esters is 1. The highest BCUT2D eigenvalue weighted by atomic mass is 79.9. The molecule has 0 unspecified atom stereocenters. The zero-order valence-electron chi connectivity index (χ0n) is 8.17. The lowest BCUT2D eigenvalue weighted by atomic mass is 10.1. The van der Waals surface area contributed by atoms with Crippen molar-refractivity contribution in [3.63, 3.8) is 0 Å². The van der Waals surface area contributed by atoms with Crippen molar-refractivity contribution >= 4 is 33.5 Å². The second kappa shape index (κ2) is 4.14. The van der Waals surface area contributed by atoms with Gasteiger partial charge in [0.1, 0.15) is 0 Å². The molecule has 1 aromatic rings. The maximum absolute atomic E-state index is 11.3. The number of rotatable bonds is 2. The van der Waals surface area contributed by atoms with Gasteiger partial charge in [-0.2, -0.15) is 0 Å². The molecule has 4 heteroatoms. The summed E-state index contributed by atoms with van der Waals surface area (Å²) in [6.45, 7) is 0. The number of carbonyl (C=O) groups excluding carboxylic acids is 1. The van der Waals surface area contributed by atoms with Gasteiger partial charge in [-0.3, -0.25) is 4.79 Å². The fraction of sp³-hybridized carbons (Fsp3) is 0.364. The van der Waals surface area contributed by atoms with Gasteiger partial charge in [-0.05, 0) is 36.1 Å². The smallest absolute Gasteiger partial charge is 0.309 e. The van der Waals surface area contributed by atoms with Gasteiger partial charge in [0.15, 0.2) is 0 Å². The van der Waals surface area contributed by atoms with E-state index in [9.17, 15) is 4.79 Å². The number of benzene rings is 1. The SMILES string of the molecule is COC(=O)[C@@H]1C[C@H]1c1cc(Cl)cc(Br)c1. The third-order valence-corrected chi connectivity index (χ3v) is 3.28. The first-order valence-electron chi connectivity index (χ1n) is 4.65. The van der Waals surface area contributed by atoms with E-state index in [0.717, 1.165) is 16.5 Å². The van der Waals surface area contributed by atoms with E-state index in [1.807, 2.05) is 18.2 Å². The van der Waals surface area contributed by atoms with Gasteiger partial charge in [-0.15, -0.1) is 0 Å². The lowest BCUT2D eigenvalue weighted by Crippen LogP contribution is -2.03. The quantitative estimate of drug-likeness (QED) is 0.780. The lowest BCUT2D eigenvalue weighted by molar-refractivity contribution is -0.142. The van der Waals surface area contributed by atoms with Gasteiger partial charge in [-0.25, -0.2) is 0 Å². The van der Waals surface area contributed by atoms with Gasteiger partial charge in [0, 0.05) is 9.50 Å². The van der Waals surface area contributed by atoms with Crippen LogP contribution in [0.15, 0.2) is 22.7 Å². The van der Waals surface area contributed by atoms with Crippen molar-refractivity contribution in [3.8, 4) is 0 Å². The molecule has 0 spiro atoms. The van der Waals surface area contributed by atoms with Crippen LogP contribution in [0.2, 0.25) is 5.02 Å². The second-order valence-corrected chi connectivity index (χ2v) is 5.03. The molecule has 0 aromatic heterocycles. The number of carbonyl (C=O) groups is 1. The van der Waals surface area contributed by atoms with Crippen molar-refractivity contribution in [3.05, 3.63) is 33.3 Å². The maximum atomic E-state index is 11.3. The minimum absolute atomic E-state index is 0.0142. The van der Waals surface area contributed by atoms with Crippen molar-refractivity contribution in [2.24, 2.45) is 5.92 Å². The van der Waals surface area contributed by atoms with E-state index < -0.39 is 0 Å². The molecule has 1 aliphatic carbocycles. The molecule has 0 amide bonds. The Bertz CT molecular complexity index is 385. The Hall–Kier alpha value is -0.540. The highest BCUT2D eigenvalue weighted by Gasteiger charge is 2.45. The van der Waals surface area contributed by atoms with Crippen molar-refractivity contribution in [1.29, 1.82) is 0 Å². The molecule has 0 N–H and O–H groups in total. The molecule has 1 aliphatic rings. The predicted molar refractivity (Wildman–Crippen MR) is 62.0 cm³/mol. The largest absolute Gasteiger partial charge is 0.469 e. The Morgan fingerprint density at radius 3 is 2.87 bits per heavy atom. The zero-order valence-corrected chi connectivity index (χ0v) is 10.5. The van der Waals surface area contributed by atoms with Gasteiger partial charge in [0.25, 0.3) is 0 Å². The van der Waals surface area contributed by atoms with E-state index in [1.54, 1.807) is 0 Å². The van der Waals surface area contributed by atoms with Crippen LogP contribution in [0.5, 0.6) is 0 Å². The van der Waals surface area contributed by atoms with Crippen LogP contribution in [0.25, 0.3) is 0 Å². The summed E-state index contributed by atoms with van der Waals surface area (Å²) in [7, 11) is 1.42. The monoisotopic (exact) mass is 288 g/mol. The van der Waals surface area contributed by atoms with Gasteiger partial charge >= 0.3 is 5.97 Å². The molecule has 2 nitrogen and oxygen atoms in total. The van der Waals surface area contributed by atoms with Crippen LogP contribution in [0.4, 0.5) is 0 Å². The molecule has 0 saturated heterocycles. The van der Waals surface area contributed by atoms with Crippen LogP contribution < -0.4 is 0 Å². The third kappa shape index (κ3) is 2.34. The Morgan fingerprint density at radius 1 is 1.53 bits per heavy atom. The van der Waals surface area contributed by atoms with Crippen LogP contribution in [0, 0.1) is 5.92 Å². The van der Waals surface area contributed by atoms with Gasteiger partial charge in [-0.1, -0.05) is 27.5 Å². The van der Waals surface area contributed by atoms with E-state index in [2.05, 4.69) is 15.9 Å². The fourth-order valence-electron chi connectivity index (χ4n) is 1.76. The van der Waals surface area contributed by atoms with Crippen molar-refractivity contribution in [1.82, 2.24) is 0 Å². The zero-order chi connectivity index (χ0) is 11.0. The summed E-state index contributed by atoms with van der Waals surface area (Å²) in [5.41, 5.74) is 1.10. The molecular weight excluding hydrogens is 279 g/mol. The topological polar surface area (TPSA) is 26.3 Å².